The lowest BCUT2D eigenvalue weighted by atomic mass is 10.3. The van der Waals surface area contributed by atoms with Gasteiger partial charge >= 0.3 is 0 Å². The number of amides is 1. The molecular formula is C16H14ClN5O2S. The van der Waals surface area contributed by atoms with E-state index in [1.54, 1.807) is 48.2 Å². The summed E-state index contributed by atoms with van der Waals surface area (Å²) in [4.78, 5) is 12.1. The quantitative estimate of drug-likeness (QED) is 0.667. The number of carbonyl (C=O) groups excluding carboxylic acids is 1. The summed E-state index contributed by atoms with van der Waals surface area (Å²) < 4.78 is 6.69. The number of methoxy groups -OCH3 is 1. The molecule has 0 aliphatic heterocycles. The van der Waals surface area contributed by atoms with Crippen LogP contribution in [0, 0.1) is 0 Å². The van der Waals surface area contributed by atoms with Crippen molar-refractivity contribution in [2.24, 2.45) is 0 Å². The molecular weight excluding hydrogens is 362 g/mol. The van der Waals surface area contributed by atoms with Crippen LogP contribution in [0.3, 0.4) is 0 Å². The van der Waals surface area contributed by atoms with Gasteiger partial charge in [-0.3, -0.25) is 4.79 Å². The molecule has 0 bridgehead atoms. The molecule has 2 aromatic carbocycles. The summed E-state index contributed by atoms with van der Waals surface area (Å²) in [7, 11) is 1.58. The lowest BCUT2D eigenvalue weighted by molar-refractivity contribution is -0.113. The van der Waals surface area contributed by atoms with Crippen molar-refractivity contribution >= 4 is 35.0 Å². The normalized spacial score (nSPS) is 10.5. The standard InChI is InChI=1S/C16H14ClN5O2S/c1-24-14-4-2-3-12(9-14)18-15(23)10-25-16-19-20-21-22(16)13-7-5-11(17)6-8-13/h2-9H,10H2,1H3,(H,18,23). The highest BCUT2D eigenvalue weighted by Gasteiger charge is 2.12. The molecule has 0 spiro atoms. The predicted octanol–water partition coefficient (Wildman–Crippen LogP) is 3.06. The highest BCUT2D eigenvalue weighted by atomic mass is 35.5. The van der Waals surface area contributed by atoms with Gasteiger partial charge in [-0.05, 0) is 46.8 Å². The molecule has 3 aromatic rings. The van der Waals surface area contributed by atoms with Gasteiger partial charge in [-0.25, -0.2) is 0 Å². The van der Waals surface area contributed by atoms with Crippen LogP contribution in [0.4, 0.5) is 5.69 Å². The maximum atomic E-state index is 12.1. The highest BCUT2D eigenvalue weighted by molar-refractivity contribution is 7.99. The van der Waals surface area contributed by atoms with Crippen molar-refractivity contribution in [1.82, 2.24) is 20.2 Å². The second-order valence-electron chi connectivity index (χ2n) is 4.92. The Morgan fingerprint density at radius 3 is 2.84 bits per heavy atom. The van der Waals surface area contributed by atoms with Gasteiger partial charge in [0.15, 0.2) is 0 Å². The molecule has 7 nitrogen and oxygen atoms in total. The number of ether oxygens (including phenoxy) is 1. The minimum atomic E-state index is -0.163. The summed E-state index contributed by atoms with van der Waals surface area (Å²) in [6.45, 7) is 0. The molecule has 0 unspecified atom stereocenters. The number of thioether (sulfide) groups is 1. The van der Waals surface area contributed by atoms with Crippen LogP contribution in [-0.2, 0) is 4.79 Å². The minimum absolute atomic E-state index is 0.163. The number of tetrazole rings is 1. The van der Waals surface area contributed by atoms with Crippen molar-refractivity contribution in [3.8, 4) is 11.4 Å². The maximum absolute atomic E-state index is 12.1. The summed E-state index contributed by atoms with van der Waals surface area (Å²) in [5.41, 5.74) is 1.44. The van der Waals surface area contributed by atoms with Crippen molar-refractivity contribution in [3.63, 3.8) is 0 Å². The van der Waals surface area contributed by atoms with Gasteiger partial charge in [0.05, 0.1) is 18.6 Å². The van der Waals surface area contributed by atoms with Crippen LogP contribution >= 0.6 is 23.4 Å². The third-order valence-corrected chi connectivity index (χ3v) is 4.37. The molecule has 0 saturated carbocycles. The van der Waals surface area contributed by atoms with Crippen LogP contribution < -0.4 is 10.1 Å². The molecule has 0 aliphatic carbocycles. The Balaban J connectivity index is 1.63. The van der Waals surface area contributed by atoms with E-state index in [0.29, 0.717) is 21.6 Å². The summed E-state index contributed by atoms with van der Waals surface area (Å²) in [5.74, 6) is 0.687. The first kappa shape index (κ1) is 17.2. The molecule has 25 heavy (non-hydrogen) atoms. The number of nitrogens with zero attached hydrogens (tertiary/aromatic N) is 4. The summed E-state index contributed by atoms with van der Waals surface area (Å²) in [5, 5.41) is 15.5. The molecule has 0 aliphatic rings. The zero-order chi connectivity index (χ0) is 17.6. The zero-order valence-corrected chi connectivity index (χ0v) is 14.8. The number of carbonyl (C=O) groups is 1. The number of hydrogen-bond donors (Lipinski definition) is 1. The monoisotopic (exact) mass is 375 g/mol. The number of aromatic nitrogens is 4. The molecule has 0 fully saturated rings. The van der Waals surface area contributed by atoms with Crippen molar-refractivity contribution in [1.29, 1.82) is 0 Å². The van der Waals surface area contributed by atoms with E-state index in [0.717, 1.165) is 5.69 Å². The van der Waals surface area contributed by atoms with Crippen LogP contribution in [0.1, 0.15) is 0 Å². The fourth-order valence-electron chi connectivity index (χ4n) is 2.04. The lowest BCUT2D eigenvalue weighted by Crippen LogP contribution is -2.14. The van der Waals surface area contributed by atoms with Crippen LogP contribution in [0.2, 0.25) is 5.02 Å². The Labute approximate surface area is 153 Å². The average Bonchev–Trinajstić information content (AvgIpc) is 3.09. The third-order valence-electron chi connectivity index (χ3n) is 3.20. The molecule has 0 saturated heterocycles. The summed E-state index contributed by atoms with van der Waals surface area (Å²) >= 11 is 7.13. The second-order valence-corrected chi connectivity index (χ2v) is 6.30. The molecule has 0 atom stereocenters. The smallest absolute Gasteiger partial charge is 0.234 e. The number of anilines is 1. The first-order valence-electron chi connectivity index (χ1n) is 7.27. The summed E-state index contributed by atoms with van der Waals surface area (Å²) in [6.07, 6.45) is 0. The average molecular weight is 376 g/mol. The molecule has 1 aromatic heterocycles. The molecule has 0 radical (unpaired) electrons. The van der Waals surface area contributed by atoms with Gasteiger partial charge in [-0.2, -0.15) is 4.68 Å². The van der Waals surface area contributed by atoms with Crippen molar-refractivity contribution in [3.05, 3.63) is 53.6 Å². The SMILES string of the molecule is COc1cccc(NC(=O)CSc2nnnn2-c2ccc(Cl)cc2)c1. The van der Waals surface area contributed by atoms with Gasteiger partial charge in [-0.1, -0.05) is 29.4 Å². The van der Waals surface area contributed by atoms with E-state index in [1.807, 2.05) is 12.1 Å². The van der Waals surface area contributed by atoms with Gasteiger partial charge in [-0.15, -0.1) is 5.10 Å². The Bertz CT molecular complexity index is 869. The van der Waals surface area contributed by atoms with E-state index in [-0.39, 0.29) is 11.7 Å². The Morgan fingerprint density at radius 2 is 2.08 bits per heavy atom. The number of halogens is 1. The van der Waals surface area contributed by atoms with E-state index in [9.17, 15) is 4.79 Å². The fraction of sp³-hybridized carbons (Fsp3) is 0.125. The third kappa shape index (κ3) is 4.49. The summed E-state index contributed by atoms with van der Waals surface area (Å²) in [6, 6.07) is 14.3. The van der Waals surface area contributed by atoms with Crippen LogP contribution in [0.25, 0.3) is 5.69 Å². The van der Waals surface area contributed by atoms with Gasteiger partial charge in [0.25, 0.3) is 0 Å². The molecule has 9 heteroatoms. The van der Waals surface area contributed by atoms with Crippen molar-refractivity contribution in [2.45, 2.75) is 5.16 Å². The molecule has 1 N–H and O–H groups in total. The number of benzene rings is 2. The maximum Gasteiger partial charge on any atom is 0.234 e. The van der Waals surface area contributed by atoms with E-state index < -0.39 is 0 Å². The molecule has 128 valence electrons. The van der Waals surface area contributed by atoms with E-state index >= 15 is 0 Å². The molecule has 1 amide bonds. The van der Waals surface area contributed by atoms with Gasteiger partial charge in [0.2, 0.25) is 11.1 Å². The Morgan fingerprint density at radius 1 is 1.28 bits per heavy atom. The second kappa shape index (κ2) is 8.00. The topological polar surface area (TPSA) is 81.9 Å². The van der Waals surface area contributed by atoms with E-state index in [4.69, 9.17) is 16.3 Å². The lowest BCUT2D eigenvalue weighted by Gasteiger charge is -2.07. The van der Waals surface area contributed by atoms with Crippen LogP contribution in [-0.4, -0.2) is 39.0 Å². The molecule has 3 rings (SSSR count). The van der Waals surface area contributed by atoms with Crippen molar-refractivity contribution in [2.75, 3.05) is 18.2 Å². The first-order chi connectivity index (χ1) is 12.2. The van der Waals surface area contributed by atoms with Gasteiger partial charge in [0.1, 0.15) is 5.75 Å². The number of nitrogens with one attached hydrogen (secondary N) is 1. The van der Waals surface area contributed by atoms with Gasteiger partial charge < -0.3 is 10.1 Å². The van der Waals surface area contributed by atoms with Gasteiger partial charge in [0, 0.05) is 16.8 Å². The van der Waals surface area contributed by atoms with Crippen LogP contribution in [0.5, 0.6) is 5.75 Å². The highest BCUT2D eigenvalue weighted by Crippen LogP contribution is 2.21. The number of rotatable bonds is 6. The zero-order valence-electron chi connectivity index (χ0n) is 13.2. The molecule has 1 heterocycles. The largest absolute Gasteiger partial charge is 0.497 e. The van der Waals surface area contributed by atoms with Crippen molar-refractivity contribution < 1.29 is 9.53 Å². The van der Waals surface area contributed by atoms with Crippen LogP contribution in [0.15, 0.2) is 53.7 Å². The Hall–Kier alpha value is -2.58. The number of hydrogen-bond acceptors (Lipinski definition) is 6. The minimum Gasteiger partial charge on any atom is -0.497 e. The Kier molecular flexibility index (Phi) is 5.52. The fourth-order valence-corrected chi connectivity index (χ4v) is 2.86. The first-order valence-corrected chi connectivity index (χ1v) is 8.63. The van der Waals surface area contributed by atoms with E-state index in [2.05, 4.69) is 20.8 Å². The predicted molar refractivity (Wildman–Crippen MR) is 96.5 cm³/mol. The van der Waals surface area contributed by atoms with E-state index in [1.165, 1.54) is 11.8 Å².